The van der Waals surface area contributed by atoms with Crippen molar-refractivity contribution in [1.82, 2.24) is 0 Å². The highest BCUT2D eigenvalue weighted by Gasteiger charge is 2.15. The van der Waals surface area contributed by atoms with Crippen molar-refractivity contribution in [3.05, 3.63) is 28.0 Å². The third kappa shape index (κ3) is 1.59. The van der Waals surface area contributed by atoms with Crippen LogP contribution in [0.1, 0.15) is 18.6 Å². The van der Waals surface area contributed by atoms with Crippen LogP contribution in [0.2, 0.25) is 0 Å². The summed E-state index contributed by atoms with van der Waals surface area (Å²) in [5.41, 5.74) is -0.0793. The number of rotatable bonds is 1. The van der Waals surface area contributed by atoms with Gasteiger partial charge in [-0.3, -0.25) is 0 Å². The lowest BCUT2D eigenvalue weighted by Crippen LogP contribution is -1.96. The van der Waals surface area contributed by atoms with Gasteiger partial charge in [0.1, 0.15) is 11.6 Å². The highest BCUT2D eigenvalue weighted by molar-refractivity contribution is 9.10. The van der Waals surface area contributed by atoms with Crippen molar-refractivity contribution in [2.45, 2.75) is 13.0 Å². The van der Waals surface area contributed by atoms with Gasteiger partial charge in [-0.2, -0.15) is 0 Å². The third-order valence-electron chi connectivity index (χ3n) is 1.53. The Morgan fingerprint density at radius 3 is 2.50 bits per heavy atom. The number of phenols is 1. The van der Waals surface area contributed by atoms with E-state index in [2.05, 4.69) is 15.9 Å². The van der Waals surface area contributed by atoms with Gasteiger partial charge in [0.2, 0.25) is 0 Å². The molecular formula is C8H8BrFO2. The minimum Gasteiger partial charge on any atom is -0.506 e. The predicted molar refractivity (Wildman–Crippen MR) is 46.4 cm³/mol. The Kier molecular flexibility index (Phi) is 2.69. The molecule has 0 aromatic heterocycles. The first kappa shape index (κ1) is 9.48. The molecule has 1 aromatic carbocycles. The Bertz CT molecular complexity index is 299. The van der Waals surface area contributed by atoms with Crippen molar-refractivity contribution >= 4 is 15.9 Å². The van der Waals surface area contributed by atoms with Crippen molar-refractivity contribution in [3.63, 3.8) is 0 Å². The normalized spacial score (nSPS) is 13.0. The van der Waals surface area contributed by atoms with Crippen LogP contribution < -0.4 is 0 Å². The van der Waals surface area contributed by atoms with Crippen LogP contribution in [0, 0.1) is 5.82 Å². The van der Waals surface area contributed by atoms with Crippen LogP contribution in [0.5, 0.6) is 5.75 Å². The summed E-state index contributed by atoms with van der Waals surface area (Å²) in [6.07, 6.45) is -1.01. The summed E-state index contributed by atoms with van der Waals surface area (Å²) < 4.78 is 13.3. The molecule has 0 aliphatic carbocycles. The van der Waals surface area contributed by atoms with E-state index in [1.54, 1.807) is 0 Å². The van der Waals surface area contributed by atoms with Crippen molar-refractivity contribution in [3.8, 4) is 5.75 Å². The van der Waals surface area contributed by atoms with Crippen LogP contribution >= 0.6 is 15.9 Å². The summed E-state index contributed by atoms with van der Waals surface area (Å²) in [6, 6.07) is 2.57. The average Bonchev–Trinajstić information content (AvgIpc) is 1.97. The molecule has 0 heterocycles. The Morgan fingerprint density at radius 2 is 2.08 bits per heavy atom. The molecule has 2 N–H and O–H groups in total. The van der Waals surface area contributed by atoms with Crippen molar-refractivity contribution in [2.75, 3.05) is 0 Å². The number of hydrogen-bond acceptors (Lipinski definition) is 2. The first-order valence-corrected chi connectivity index (χ1v) is 4.18. The lowest BCUT2D eigenvalue weighted by molar-refractivity contribution is 0.189. The Labute approximate surface area is 77.8 Å². The standard InChI is InChI=1S/C8H8BrFO2/c1-4(11)7-6(10)3-2-5(9)8(7)12/h2-4,11-12H,1H3. The van der Waals surface area contributed by atoms with Gasteiger partial charge in [-0.25, -0.2) is 4.39 Å². The first-order valence-electron chi connectivity index (χ1n) is 3.39. The number of phenolic OH excluding ortho intramolecular Hbond substituents is 1. The SMILES string of the molecule is CC(O)c1c(F)ccc(Br)c1O. The van der Waals surface area contributed by atoms with E-state index >= 15 is 0 Å². The molecule has 0 bridgehead atoms. The molecular weight excluding hydrogens is 227 g/mol. The van der Waals surface area contributed by atoms with Gasteiger partial charge in [0.25, 0.3) is 0 Å². The van der Waals surface area contributed by atoms with Crippen LogP contribution in [0.4, 0.5) is 4.39 Å². The monoisotopic (exact) mass is 234 g/mol. The summed E-state index contributed by atoms with van der Waals surface area (Å²) in [4.78, 5) is 0. The zero-order valence-electron chi connectivity index (χ0n) is 6.38. The summed E-state index contributed by atoms with van der Waals surface area (Å²) in [5.74, 6) is -0.851. The van der Waals surface area contributed by atoms with Gasteiger partial charge in [-0.1, -0.05) is 0 Å². The zero-order chi connectivity index (χ0) is 9.30. The van der Waals surface area contributed by atoms with Gasteiger partial charge in [0, 0.05) is 0 Å². The zero-order valence-corrected chi connectivity index (χ0v) is 7.97. The van der Waals surface area contributed by atoms with Crippen LogP contribution in [0.15, 0.2) is 16.6 Å². The molecule has 0 fully saturated rings. The second-order valence-corrected chi connectivity index (χ2v) is 3.32. The summed E-state index contributed by atoms with van der Waals surface area (Å²) in [6.45, 7) is 1.39. The largest absolute Gasteiger partial charge is 0.506 e. The molecule has 0 spiro atoms. The number of aliphatic hydroxyl groups is 1. The second-order valence-electron chi connectivity index (χ2n) is 2.47. The molecule has 1 rings (SSSR count). The fraction of sp³-hybridized carbons (Fsp3) is 0.250. The average molecular weight is 235 g/mol. The molecule has 0 amide bonds. The summed E-state index contributed by atoms with van der Waals surface area (Å²) >= 11 is 3.02. The van der Waals surface area contributed by atoms with E-state index in [0.29, 0.717) is 4.47 Å². The third-order valence-corrected chi connectivity index (χ3v) is 2.17. The molecule has 1 atom stereocenters. The number of aromatic hydroxyl groups is 1. The van der Waals surface area contributed by atoms with E-state index < -0.39 is 11.9 Å². The molecule has 12 heavy (non-hydrogen) atoms. The number of benzene rings is 1. The summed E-state index contributed by atoms with van der Waals surface area (Å²) in [5, 5.41) is 18.4. The fourth-order valence-electron chi connectivity index (χ4n) is 0.954. The van der Waals surface area contributed by atoms with E-state index in [1.165, 1.54) is 19.1 Å². The Morgan fingerprint density at radius 1 is 1.50 bits per heavy atom. The lowest BCUT2D eigenvalue weighted by atomic mass is 10.1. The predicted octanol–water partition coefficient (Wildman–Crippen LogP) is 2.35. The van der Waals surface area contributed by atoms with Crippen LogP contribution in [-0.2, 0) is 0 Å². The number of aliphatic hydroxyl groups excluding tert-OH is 1. The Balaban J connectivity index is 3.33. The molecule has 4 heteroatoms. The molecule has 0 radical (unpaired) electrons. The molecule has 66 valence electrons. The number of halogens is 2. The summed E-state index contributed by atoms with van der Waals surface area (Å²) in [7, 11) is 0. The molecule has 0 aliphatic heterocycles. The molecule has 1 unspecified atom stereocenters. The molecule has 0 saturated carbocycles. The van der Waals surface area contributed by atoms with E-state index in [0.717, 1.165) is 0 Å². The molecule has 0 aliphatic rings. The highest BCUT2D eigenvalue weighted by atomic mass is 79.9. The maximum absolute atomic E-state index is 12.9. The first-order chi connectivity index (χ1) is 5.54. The Hall–Kier alpha value is -0.610. The van der Waals surface area contributed by atoms with E-state index in [4.69, 9.17) is 5.11 Å². The minimum atomic E-state index is -1.01. The smallest absolute Gasteiger partial charge is 0.138 e. The topological polar surface area (TPSA) is 40.5 Å². The van der Waals surface area contributed by atoms with E-state index in [1.807, 2.05) is 0 Å². The molecule has 1 aromatic rings. The van der Waals surface area contributed by atoms with Gasteiger partial charge in [-0.05, 0) is 35.0 Å². The molecule has 0 saturated heterocycles. The van der Waals surface area contributed by atoms with Crippen molar-refractivity contribution in [1.29, 1.82) is 0 Å². The quantitative estimate of drug-likeness (QED) is 0.784. The van der Waals surface area contributed by atoms with Crippen LogP contribution in [0.3, 0.4) is 0 Å². The van der Waals surface area contributed by atoms with E-state index in [9.17, 15) is 9.50 Å². The van der Waals surface area contributed by atoms with Crippen LogP contribution in [-0.4, -0.2) is 10.2 Å². The minimum absolute atomic E-state index is 0.0793. The number of hydrogen-bond donors (Lipinski definition) is 2. The van der Waals surface area contributed by atoms with Gasteiger partial charge in [-0.15, -0.1) is 0 Å². The van der Waals surface area contributed by atoms with Gasteiger partial charge < -0.3 is 10.2 Å². The van der Waals surface area contributed by atoms with Crippen LogP contribution in [0.25, 0.3) is 0 Å². The van der Waals surface area contributed by atoms with Gasteiger partial charge in [0.15, 0.2) is 0 Å². The lowest BCUT2D eigenvalue weighted by Gasteiger charge is -2.09. The molecule has 2 nitrogen and oxygen atoms in total. The highest BCUT2D eigenvalue weighted by Crippen LogP contribution is 2.33. The van der Waals surface area contributed by atoms with Gasteiger partial charge in [0.05, 0.1) is 16.1 Å². The van der Waals surface area contributed by atoms with Gasteiger partial charge >= 0.3 is 0 Å². The van der Waals surface area contributed by atoms with E-state index in [-0.39, 0.29) is 11.3 Å². The van der Waals surface area contributed by atoms with Crippen molar-refractivity contribution in [2.24, 2.45) is 0 Å². The second kappa shape index (κ2) is 3.41. The fourth-order valence-corrected chi connectivity index (χ4v) is 1.30. The van der Waals surface area contributed by atoms with Crippen molar-refractivity contribution < 1.29 is 14.6 Å². The maximum Gasteiger partial charge on any atom is 0.138 e. The maximum atomic E-state index is 12.9.